The van der Waals surface area contributed by atoms with Crippen LogP contribution >= 0.6 is 11.8 Å². The number of piperazine rings is 1. The van der Waals surface area contributed by atoms with E-state index in [4.69, 9.17) is 0 Å². The Kier molecular flexibility index (Phi) is 5.41. The number of aromatic nitrogens is 2. The summed E-state index contributed by atoms with van der Waals surface area (Å²) in [5, 5.41) is 0.598. The van der Waals surface area contributed by atoms with Gasteiger partial charge in [0.25, 0.3) is 5.91 Å². The van der Waals surface area contributed by atoms with Crippen molar-refractivity contribution in [3.8, 4) is 0 Å². The molecule has 0 saturated carbocycles. The van der Waals surface area contributed by atoms with Gasteiger partial charge in [-0.3, -0.25) is 4.79 Å². The van der Waals surface area contributed by atoms with E-state index in [1.807, 2.05) is 13.8 Å². The van der Waals surface area contributed by atoms with Crippen molar-refractivity contribution in [1.29, 1.82) is 0 Å². The van der Waals surface area contributed by atoms with Crippen molar-refractivity contribution in [1.82, 2.24) is 19.2 Å². The molecule has 9 heteroatoms. The molecule has 0 unspecified atom stereocenters. The summed E-state index contributed by atoms with van der Waals surface area (Å²) in [5.41, 5.74) is 1.13. The van der Waals surface area contributed by atoms with Crippen LogP contribution in [0, 0.1) is 6.92 Å². The first-order valence-corrected chi connectivity index (χ1v) is 9.87. The first-order chi connectivity index (χ1) is 10.3. The fourth-order valence-electron chi connectivity index (χ4n) is 2.23. The molecule has 0 spiro atoms. The Morgan fingerprint density at radius 2 is 1.91 bits per heavy atom. The van der Waals surface area contributed by atoms with Gasteiger partial charge in [0.15, 0.2) is 5.16 Å². The molecule has 122 valence electrons. The molecule has 2 heterocycles. The van der Waals surface area contributed by atoms with Crippen LogP contribution in [0.1, 0.15) is 23.1 Å². The summed E-state index contributed by atoms with van der Waals surface area (Å²) in [4.78, 5) is 22.7. The summed E-state index contributed by atoms with van der Waals surface area (Å²) >= 11 is 1.49. The number of rotatable bonds is 4. The maximum absolute atomic E-state index is 12.5. The first kappa shape index (κ1) is 17.2. The van der Waals surface area contributed by atoms with E-state index in [2.05, 4.69) is 9.97 Å². The van der Waals surface area contributed by atoms with Gasteiger partial charge in [0, 0.05) is 31.9 Å². The summed E-state index contributed by atoms with van der Waals surface area (Å²) in [5.74, 6) is 0.668. The molecule has 22 heavy (non-hydrogen) atoms. The zero-order valence-corrected chi connectivity index (χ0v) is 14.6. The van der Waals surface area contributed by atoms with Crippen LogP contribution < -0.4 is 0 Å². The molecule has 1 fully saturated rings. The van der Waals surface area contributed by atoms with E-state index in [0.29, 0.717) is 37.0 Å². The summed E-state index contributed by atoms with van der Waals surface area (Å²) in [6, 6.07) is 1.67. The summed E-state index contributed by atoms with van der Waals surface area (Å²) in [7, 11) is -3.19. The SMILES string of the molecule is CCSc1nc(C)cc(C(=O)N2CCN(S(C)(=O)=O)CC2)n1. The predicted molar refractivity (Wildman–Crippen MR) is 85.5 cm³/mol. The van der Waals surface area contributed by atoms with E-state index in [9.17, 15) is 13.2 Å². The van der Waals surface area contributed by atoms with Crippen LogP contribution in [0.15, 0.2) is 11.2 Å². The van der Waals surface area contributed by atoms with Crippen LogP contribution in [-0.2, 0) is 10.0 Å². The van der Waals surface area contributed by atoms with Crippen molar-refractivity contribution in [2.45, 2.75) is 19.0 Å². The van der Waals surface area contributed by atoms with Gasteiger partial charge in [0.1, 0.15) is 5.69 Å². The Morgan fingerprint density at radius 1 is 1.27 bits per heavy atom. The largest absolute Gasteiger partial charge is 0.335 e. The molecule has 1 aromatic rings. The van der Waals surface area contributed by atoms with Gasteiger partial charge in [0.05, 0.1) is 6.26 Å². The molecule has 1 saturated heterocycles. The topological polar surface area (TPSA) is 83.5 Å². The average molecular weight is 344 g/mol. The Bertz CT molecular complexity index is 655. The van der Waals surface area contributed by atoms with Gasteiger partial charge in [-0.1, -0.05) is 18.7 Å². The monoisotopic (exact) mass is 344 g/mol. The molecule has 1 aromatic heterocycles. The van der Waals surface area contributed by atoms with Crippen molar-refractivity contribution in [2.75, 3.05) is 38.2 Å². The molecule has 0 bridgehead atoms. The predicted octanol–water partition coefficient (Wildman–Crippen LogP) is 0.614. The molecular weight excluding hydrogens is 324 g/mol. The summed E-state index contributed by atoms with van der Waals surface area (Å²) in [6.07, 6.45) is 1.19. The molecule has 0 N–H and O–H groups in total. The highest BCUT2D eigenvalue weighted by Crippen LogP contribution is 2.15. The number of carbonyl (C=O) groups is 1. The van der Waals surface area contributed by atoms with Gasteiger partial charge in [-0.15, -0.1) is 0 Å². The molecule has 2 rings (SSSR count). The molecule has 0 aliphatic carbocycles. The normalized spacial score (nSPS) is 16.8. The Hall–Kier alpha value is -1.19. The van der Waals surface area contributed by atoms with Crippen molar-refractivity contribution in [2.24, 2.45) is 0 Å². The van der Waals surface area contributed by atoms with E-state index in [-0.39, 0.29) is 5.91 Å². The Labute approximate surface area is 135 Å². The number of thioether (sulfide) groups is 1. The number of hydrogen-bond donors (Lipinski definition) is 0. The van der Waals surface area contributed by atoms with Gasteiger partial charge >= 0.3 is 0 Å². The minimum Gasteiger partial charge on any atom is -0.335 e. The second kappa shape index (κ2) is 6.93. The third kappa shape index (κ3) is 4.17. The van der Waals surface area contributed by atoms with Gasteiger partial charge in [-0.2, -0.15) is 4.31 Å². The summed E-state index contributed by atoms with van der Waals surface area (Å²) < 4.78 is 24.4. The Balaban J connectivity index is 2.10. The molecule has 1 amide bonds. The number of amides is 1. The molecule has 7 nitrogen and oxygen atoms in total. The fraction of sp³-hybridized carbons (Fsp3) is 0.615. The number of carbonyl (C=O) groups excluding carboxylic acids is 1. The van der Waals surface area contributed by atoms with E-state index < -0.39 is 10.0 Å². The molecule has 0 atom stereocenters. The second-order valence-corrected chi connectivity index (χ2v) is 8.28. The average Bonchev–Trinajstić information content (AvgIpc) is 2.45. The summed E-state index contributed by atoms with van der Waals surface area (Å²) in [6.45, 7) is 5.24. The van der Waals surface area contributed by atoms with Crippen molar-refractivity contribution >= 4 is 27.7 Å². The van der Waals surface area contributed by atoms with Crippen molar-refractivity contribution < 1.29 is 13.2 Å². The highest BCUT2D eigenvalue weighted by Gasteiger charge is 2.27. The zero-order chi connectivity index (χ0) is 16.3. The number of hydrogen-bond acceptors (Lipinski definition) is 6. The lowest BCUT2D eigenvalue weighted by Crippen LogP contribution is -2.50. The van der Waals surface area contributed by atoms with Gasteiger partial charge < -0.3 is 4.90 Å². The van der Waals surface area contributed by atoms with E-state index >= 15 is 0 Å². The van der Waals surface area contributed by atoms with Crippen LogP contribution in [0.2, 0.25) is 0 Å². The second-order valence-electron chi connectivity index (χ2n) is 5.06. The zero-order valence-electron chi connectivity index (χ0n) is 12.9. The third-order valence-electron chi connectivity index (χ3n) is 3.32. The number of aryl methyl sites for hydroxylation is 1. The minimum atomic E-state index is -3.19. The van der Waals surface area contributed by atoms with Crippen molar-refractivity contribution in [3.05, 3.63) is 17.5 Å². The quantitative estimate of drug-likeness (QED) is 0.588. The molecule has 1 aliphatic heterocycles. The molecule has 0 aromatic carbocycles. The van der Waals surface area contributed by atoms with Gasteiger partial charge in [-0.25, -0.2) is 18.4 Å². The number of nitrogens with zero attached hydrogens (tertiary/aromatic N) is 4. The minimum absolute atomic E-state index is 0.170. The fourth-order valence-corrected chi connectivity index (χ4v) is 3.69. The standard InChI is InChI=1S/C13H20N4O3S2/c1-4-21-13-14-10(2)9-11(15-13)12(18)16-5-7-17(8-6-16)22(3,19)20/h9H,4-8H2,1-3H3. The lowest BCUT2D eigenvalue weighted by atomic mass is 10.2. The van der Waals surface area contributed by atoms with Crippen LogP contribution in [0.25, 0.3) is 0 Å². The van der Waals surface area contributed by atoms with Crippen molar-refractivity contribution in [3.63, 3.8) is 0 Å². The van der Waals surface area contributed by atoms with Crippen LogP contribution in [-0.4, -0.2) is 71.7 Å². The maximum Gasteiger partial charge on any atom is 0.272 e. The third-order valence-corrected chi connectivity index (χ3v) is 5.35. The first-order valence-electron chi connectivity index (χ1n) is 7.04. The molecule has 1 aliphatic rings. The van der Waals surface area contributed by atoms with E-state index in [1.54, 1.807) is 11.0 Å². The highest BCUT2D eigenvalue weighted by atomic mass is 32.2. The Morgan fingerprint density at radius 3 is 2.45 bits per heavy atom. The molecular formula is C13H20N4O3S2. The van der Waals surface area contributed by atoms with E-state index in [1.165, 1.54) is 22.3 Å². The smallest absolute Gasteiger partial charge is 0.272 e. The molecule has 0 radical (unpaired) electrons. The van der Waals surface area contributed by atoms with Gasteiger partial charge in [0.2, 0.25) is 10.0 Å². The van der Waals surface area contributed by atoms with Gasteiger partial charge in [-0.05, 0) is 18.7 Å². The van der Waals surface area contributed by atoms with E-state index in [0.717, 1.165) is 11.4 Å². The lowest BCUT2D eigenvalue weighted by molar-refractivity contribution is 0.0691. The lowest BCUT2D eigenvalue weighted by Gasteiger charge is -2.33. The van der Waals surface area contributed by atoms with Crippen LogP contribution in [0.4, 0.5) is 0 Å². The maximum atomic E-state index is 12.5. The highest BCUT2D eigenvalue weighted by molar-refractivity contribution is 7.99. The van der Waals surface area contributed by atoms with Crippen LogP contribution in [0.3, 0.4) is 0 Å². The van der Waals surface area contributed by atoms with Crippen LogP contribution in [0.5, 0.6) is 0 Å². The number of sulfonamides is 1.